The van der Waals surface area contributed by atoms with Crippen molar-refractivity contribution in [2.75, 3.05) is 5.32 Å². The van der Waals surface area contributed by atoms with Gasteiger partial charge >= 0.3 is 0 Å². The quantitative estimate of drug-likeness (QED) is 0.394. The fourth-order valence-electron chi connectivity index (χ4n) is 3.15. The van der Waals surface area contributed by atoms with E-state index in [0.717, 1.165) is 45.9 Å². The zero-order chi connectivity index (χ0) is 20.5. The van der Waals surface area contributed by atoms with Crippen LogP contribution in [-0.4, -0.2) is 20.9 Å². The number of thiazole rings is 1. The van der Waals surface area contributed by atoms with Crippen LogP contribution in [0.25, 0.3) is 21.1 Å². The number of hydrogen-bond acceptors (Lipinski definition) is 6. The molecular weight excluding hydrogens is 429 g/mol. The molecule has 6 nitrogen and oxygen atoms in total. The summed E-state index contributed by atoms with van der Waals surface area (Å²) in [6.07, 6.45) is 4.42. The molecular formula is C20H17Cl2N5OS. The summed E-state index contributed by atoms with van der Waals surface area (Å²) in [6, 6.07) is 7.20. The molecule has 3 N–H and O–H groups in total. The molecule has 4 rings (SSSR count). The van der Waals surface area contributed by atoms with E-state index in [4.69, 9.17) is 28.9 Å². The number of anilines is 2. The fourth-order valence-corrected chi connectivity index (χ4v) is 4.61. The van der Waals surface area contributed by atoms with Crippen LogP contribution in [-0.2, 0) is 6.42 Å². The van der Waals surface area contributed by atoms with Crippen LogP contribution < -0.4 is 11.1 Å². The molecule has 2 aromatic carbocycles. The van der Waals surface area contributed by atoms with Crippen molar-refractivity contribution in [2.24, 2.45) is 5.73 Å². The number of unbranched alkanes of at least 4 members (excludes halogenated alkanes) is 1. The Labute approximate surface area is 181 Å². The maximum atomic E-state index is 11.8. The molecule has 0 aliphatic heterocycles. The molecule has 148 valence electrons. The Hall–Kier alpha value is -2.48. The fraction of sp³-hybridized carbons (Fsp3) is 0.200. The number of primary amides is 1. The minimum atomic E-state index is -0.548. The average molecular weight is 446 g/mol. The van der Waals surface area contributed by atoms with Gasteiger partial charge in [-0.15, -0.1) is 11.3 Å². The van der Waals surface area contributed by atoms with Crippen LogP contribution in [0.4, 0.5) is 11.5 Å². The lowest BCUT2D eigenvalue weighted by Gasteiger charge is -2.12. The SMILES string of the molecule is CCCCc1cc2ncnc(Nc3ccc(Cl)cc3Cl)c2c2sc(C(N)=O)nc12. The molecule has 0 saturated heterocycles. The molecule has 0 radical (unpaired) electrons. The van der Waals surface area contributed by atoms with Crippen LogP contribution >= 0.6 is 34.5 Å². The summed E-state index contributed by atoms with van der Waals surface area (Å²) in [4.78, 5) is 25.1. The van der Waals surface area contributed by atoms with Gasteiger partial charge in [0.05, 0.1) is 31.8 Å². The molecule has 0 unspecified atom stereocenters. The molecule has 0 aliphatic carbocycles. The van der Waals surface area contributed by atoms with Gasteiger partial charge in [0.1, 0.15) is 12.1 Å². The van der Waals surface area contributed by atoms with E-state index in [2.05, 4.69) is 27.2 Å². The van der Waals surface area contributed by atoms with Crippen LogP contribution in [0.2, 0.25) is 10.0 Å². The normalized spacial score (nSPS) is 11.3. The predicted octanol–water partition coefficient (Wildman–Crippen LogP) is 5.73. The maximum Gasteiger partial charge on any atom is 0.277 e. The second kappa shape index (κ2) is 8.10. The average Bonchev–Trinajstić information content (AvgIpc) is 3.14. The lowest BCUT2D eigenvalue weighted by atomic mass is 10.0. The lowest BCUT2D eigenvalue weighted by molar-refractivity contribution is 0.1000. The third-order valence-electron chi connectivity index (χ3n) is 4.54. The van der Waals surface area contributed by atoms with Crippen molar-refractivity contribution in [1.29, 1.82) is 0 Å². The Balaban J connectivity index is 1.94. The van der Waals surface area contributed by atoms with Crippen LogP contribution in [0.5, 0.6) is 0 Å². The second-order valence-electron chi connectivity index (χ2n) is 6.57. The van der Waals surface area contributed by atoms with Crippen molar-refractivity contribution in [3.05, 3.63) is 51.2 Å². The van der Waals surface area contributed by atoms with Crippen LogP contribution in [0.1, 0.15) is 35.1 Å². The largest absolute Gasteiger partial charge is 0.364 e. The number of amides is 1. The van der Waals surface area contributed by atoms with Crippen molar-refractivity contribution in [1.82, 2.24) is 15.0 Å². The summed E-state index contributed by atoms with van der Waals surface area (Å²) in [5.41, 5.74) is 8.75. The van der Waals surface area contributed by atoms with Crippen LogP contribution in [0, 0.1) is 0 Å². The number of hydrogen-bond donors (Lipinski definition) is 2. The molecule has 9 heteroatoms. The smallest absolute Gasteiger partial charge is 0.277 e. The lowest BCUT2D eigenvalue weighted by Crippen LogP contribution is -2.09. The zero-order valence-electron chi connectivity index (χ0n) is 15.5. The van der Waals surface area contributed by atoms with Gasteiger partial charge in [-0.3, -0.25) is 4.79 Å². The van der Waals surface area contributed by atoms with Gasteiger partial charge < -0.3 is 11.1 Å². The summed E-state index contributed by atoms with van der Waals surface area (Å²) in [7, 11) is 0. The number of rotatable bonds is 6. The van der Waals surface area contributed by atoms with Gasteiger partial charge in [0.25, 0.3) is 5.91 Å². The molecule has 0 atom stereocenters. The third kappa shape index (κ3) is 3.85. The summed E-state index contributed by atoms with van der Waals surface area (Å²) in [6.45, 7) is 2.13. The first-order chi connectivity index (χ1) is 14.0. The van der Waals surface area contributed by atoms with Gasteiger partial charge in [0, 0.05) is 5.02 Å². The Morgan fingerprint density at radius 3 is 2.79 bits per heavy atom. The van der Waals surface area contributed by atoms with Crippen LogP contribution in [0.15, 0.2) is 30.6 Å². The van der Waals surface area contributed by atoms with Crippen LogP contribution in [0.3, 0.4) is 0 Å². The first kappa shape index (κ1) is 19.8. The summed E-state index contributed by atoms with van der Waals surface area (Å²) < 4.78 is 0.829. The topological polar surface area (TPSA) is 93.8 Å². The molecule has 1 amide bonds. The highest BCUT2D eigenvalue weighted by atomic mass is 35.5. The Morgan fingerprint density at radius 2 is 2.07 bits per heavy atom. The van der Waals surface area contributed by atoms with E-state index in [1.807, 2.05) is 6.07 Å². The van der Waals surface area contributed by atoms with E-state index in [-0.39, 0.29) is 5.01 Å². The Bertz CT molecular complexity index is 1240. The summed E-state index contributed by atoms with van der Waals surface area (Å²) in [5, 5.41) is 5.32. The zero-order valence-corrected chi connectivity index (χ0v) is 17.8. The van der Waals surface area contributed by atoms with Gasteiger partial charge in [-0.25, -0.2) is 15.0 Å². The van der Waals surface area contributed by atoms with Crippen molar-refractivity contribution >= 4 is 73.1 Å². The number of nitrogens with zero attached hydrogens (tertiary/aromatic N) is 3. The number of benzene rings is 2. The molecule has 4 aromatic rings. The molecule has 2 aromatic heterocycles. The van der Waals surface area contributed by atoms with E-state index >= 15 is 0 Å². The first-order valence-electron chi connectivity index (χ1n) is 9.07. The Kier molecular flexibility index (Phi) is 5.54. The van der Waals surface area contributed by atoms with E-state index in [1.54, 1.807) is 18.2 Å². The number of carbonyl (C=O) groups is 1. The number of carbonyl (C=O) groups excluding carboxylic acids is 1. The molecule has 29 heavy (non-hydrogen) atoms. The van der Waals surface area contributed by atoms with Gasteiger partial charge in [-0.05, 0) is 42.7 Å². The standard InChI is InChI=1S/C20H17Cl2N5OS/c1-2-3-4-10-7-14-15(17-16(10)27-20(29-17)18(23)28)19(25-9-24-14)26-13-6-5-11(21)8-12(13)22/h5-9H,2-4H2,1H3,(H2,23,28)(H,24,25,26). The number of nitrogens with two attached hydrogens (primary N) is 1. The van der Waals surface area contributed by atoms with E-state index in [0.29, 0.717) is 21.6 Å². The van der Waals surface area contributed by atoms with Crippen molar-refractivity contribution in [2.45, 2.75) is 26.2 Å². The van der Waals surface area contributed by atoms with Gasteiger partial charge in [0.2, 0.25) is 0 Å². The summed E-state index contributed by atoms with van der Waals surface area (Å²) >= 11 is 13.6. The molecule has 0 saturated carbocycles. The molecule has 0 fully saturated rings. The predicted molar refractivity (Wildman–Crippen MR) is 120 cm³/mol. The molecule has 0 aliphatic rings. The highest BCUT2D eigenvalue weighted by Crippen LogP contribution is 2.38. The Morgan fingerprint density at radius 1 is 1.24 bits per heavy atom. The van der Waals surface area contributed by atoms with Gasteiger partial charge in [-0.1, -0.05) is 36.5 Å². The van der Waals surface area contributed by atoms with Crippen molar-refractivity contribution in [3.8, 4) is 0 Å². The maximum absolute atomic E-state index is 11.8. The second-order valence-corrected chi connectivity index (χ2v) is 8.41. The number of aromatic nitrogens is 3. The van der Waals surface area contributed by atoms with Gasteiger partial charge in [-0.2, -0.15) is 0 Å². The minimum Gasteiger partial charge on any atom is -0.364 e. The molecule has 0 bridgehead atoms. The molecule has 0 spiro atoms. The monoisotopic (exact) mass is 445 g/mol. The minimum absolute atomic E-state index is 0.268. The van der Waals surface area contributed by atoms with E-state index in [1.165, 1.54) is 17.7 Å². The van der Waals surface area contributed by atoms with E-state index in [9.17, 15) is 4.79 Å². The van der Waals surface area contributed by atoms with Crippen molar-refractivity contribution in [3.63, 3.8) is 0 Å². The van der Waals surface area contributed by atoms with Gasteiger partial charge in [0.15, 0.2) is 5.01 Å². The summed E-state index contributed by atoms with van der Waals surface area (Å²) in [5.74, 6) is 0.0267. The third-order valence-corrected chi connectivity index (χ3v) is 6.18. The number of fused-ring (bicyclic) bond motifs is 3. The highest BCUT2D eigenvalue weighted by Gasteiger charge is 2.19. The van der Waals surface area contributed by atoms with E-state index < -0.39 is 5.91 Å². The number of halogens is 2. The number of nitrogens with one attached hydrogen (secondary N) is 1. The highest BCUT2D eigenvalue weighted by molar-refractivity contribution is 7.21. The number of aryl methyl sites for hydroxylation is 1. The molecule has 2 heterocycles. The van der Waals surface area contributed by atoms with Crippen molar-refractivity contribution < 1.29 is 4.79 Å². The first-order valence-corrected chi connectivity index (χ1v) is 10.6.